The van der Waals surface area contributed by atoms with Gasteiger partial charge in [-0.15, -0.1) is 13.2 Å². The second-order valence-corrected chi connectivity index (χ2v) is 10.4. The highest BCUT2D eigenvalue weighted by Gasteiger charge is 2.74. The van der Waals surface area contributed by atoms with Gasteiger partial charge in [0.1, 0.15) is 11.6 Å². The fourth-order valence-electron chi connectivity index (χ4n) is 6.52. The minimum absolute atomic E-state index is 0.0306. The molecule has 3 saturated heterocycles. The molecule has 4 rings (SSSR count). The molecule has 2 unspecified atom stereocenters. The molecule has 37 heavy (non-hydrogen) atoms. The lowest BCUT2D eigenvalue weighted by molar-refractivity contribution is -0.145. The van der Waals surface area contributed by atoms with E-state index in [1.807, 2.05) is 26.0 Å². The zero-order valence-corrected chi connectivity index (χ0v) is 22.3. The third-order valence-electron chi connectivity index (χ3n) is 7.85. The zero-order valence-electron chi connectivity index (χ0n) is 21.6. The Morgan fingerprint density at radius 1 is 1.27 bits per heavy atom. The van der Waals surface area contributed by atoms with Gasteiger partial charge in [-0.25, -0.2) is 0 Å². The number of halogens is 1. The molecule has 3 aliphatic rings. The van der Waals surface area contributed by atoms with Gasteiger partial charge in [0.15, 0.2) is 0 Å². The lowest BCUT2D eigenvalue weighted by Crippen LogP contribution is -2.57. The van der Waals surface area contributed by atoms with Gasteiger partial charge in [-0.1, -0.05) is 42.8 Å². The Kier molecular flexibility index (Phi) is 8.11. The van der Waals surface area contributed by atoms with E-state index in [1.165, 1.54) is 9.80 Å². The molecule has 0 aromatic heterocycles. The summed E-state index contributed by atoms with van der Waals surface area (Å²) in [6.07, 6.45) is 4.68. The van der Waals surface area contributed by atoms with Gasteiger partial charge in [0.25, 0.3) is 5.91 Å². The van der Waals surface area contributed by atoms with Crippen molar-refractivity contribution in [1.82, 2.24) is 9.80 Å². The summed E-state index contributed by atoms with van der Waals surface area (Å²) in [4.78, 5) is 46.7. The number of carbonyl (C=O) groups excluding carboxylic acids is 3. The third kappa shape index (κ3) is 4.39. The van der Waals surface area contributed by atoms with Crippen LogP contribution in [0, 0.1) is 18.8 Å². The second-order valence-electron chi connectivity index (χ2n) is 10.0. The number of rotatable bonds is 11. The molecule has 3 amide bonds. The molecule has 5 atom stereocenters. The number of para-hydroxylation sites is 1. The first-order valence-electron chi connectivity index (χ1n) is 12.9. The minimum Gasteiger partial charge on any atom is -0.395 e. The van der Waals surface area contributed by atoms with Crippen molar-refractivity contribution in [3.8, 4) is 0 Å². The lowest BCUT2D eigenvalue weighted by atomic mass is 9.70. The van der Waals surface area contributed by atoms with Crippen molar-refractivity contribution in [1.29, 1.82) is 0 Å². The number of fused-ring (bicyclic) bond motifs is 1. The van der Waals surface area contributed by atoms with Crippen molar-refractivity contribution < 1.29 is 24.2 Å². The Balaban J connectivity index is 1.78. The fraction of sp³-hybridized carbons (Fsp3) is 0.536. The number of anilines is 1. The number of benzene rings is 1. The summed E-state index contributed by atoms with van der Waals surface area (Å²) < 4.78 is 6.51. The van der Waals surface area contributed by atoms with Crippen molar-refractivity contribution >= 4 is 35.0 Å². The van der Waals surface area contributed by atoms with E-state index < -0.39 is 29.6 Å². The topological polar surface area (TPSA) is 90.4 Å². The summed E-state index contributed by atoms with van der Waals surface area (Å²) in [5.74, 6) is -2.29. The van der Waals surface area contributed by atoms with Crippen molar-refractivity contribution in [3.63, 3.8) is 0 Å². The molecular formula is C28H36ClN3O5. The number of carbonyl (C=O) groups is 3. The highest BCUT2D eigenvalue weighted by Crippen LogP contribution is 2.59. The van der Waals surface area contributed by atoms with Gasteiger partial charge < -0.3 is 24.5 Å². The molecule has 8 nitrogen and oxygen atoms in total. The Hall–Kier alpha value is -2.68. The van der Waals surface area contributed by atoms with Crippen molar-refractivity contribution in [2.24, 2.45) is 11.8 Å². The SMILES string of the molecule is C=CCN(CCC)C(=O)[C@@H]1[C@@H]2CCC3(O2)C(C(=O)N(CC=C)c2c(C)cccc2Cl)N(CCO)C(=O)[C@H]13. The average molecular weight is 530 g/mol. The molecule has 1 N–H and O–H groups in total. The predicted molar refractivity (Wildman–Crippen MR) is 142 cm³/mol. The second kappa shape index (κ2) is 11.0. The molecule has 0 aliphatic carbocycles. The first-order valence-corrected chi connectivity index (χ1v) is 13.3. The van der Waals surface area contributed by atoms with Gasteiger partial charge in [-0.05, 0) is 37.8 Å². The highest BCUT2D eigenvalue weighted by molar-refractivity contribution is 6.34. The maximum atomic E-state index is 14.4. The van der Waals surface area contributed by atoms with Gasteiger partial charge in [0.2, 0.25) is 11.8 Å². The Bertz CT molecular complexity index is 1070. The summed E-state index contributed by atoms with van der Waals surface area (Å²) in [5.41, 5.74) is 0.208. The molecular weight excluding hydrogens is 494 g/mol. The van der Waals surface area contributed by atoms with Crippen LogP contribution in [0.25, 0.3) is 0 Å². The van der Waals surface area contributed by atoms with Gasteiger partial charge in [0.05, 0.1) is 35.3 Å². The van der Waals surface area contributed by atoms with Crippen LogP contribution in [0.2, 0.25) is 5.02 Å². The van der Waals surface area contributed by atoms with E-state index in [0.29, 0.717) is 36.6 Å². The molecule has 0 saturated carbocycles. The fourth-order valence-corrected chi connectivity index (χ4v) is 6.85. The summed E-state index contributed by atoms with van der Waals surface area (Å²) in [7, 11) is 0. The largest absolute Gasteiger partial charge is 0.395 e. The number of amides is 3. The van der Waals surface area contributed by atoms with Crippen LogP contribution < -0.4 is 4.90 Å². The van der Waals surface area contributed by atoms with Crippen LogP contribution in [0.1, 0.15) is 31.7 Å². The van der Waals surface area contributed by atoms with Gasteiger partial charge >= 0.3 is 0 Å². The first-order chi connectivity index (χ1) is 17.8. The zero-order chi connectivity index (χ0) is 26.9. The van der Waals surface area contributed by atoms with Crippen LogP contribution in [0.3, 0.4) is 0 Å². The molecule has 1 aromatic carbocycles. The van der Waals surface area contributed by atoms with Gasteiger partial charge in [-0.2, -0.15) is 0 Å². The Morgan fingerprint density at radius 3 is 2.62 bits per heavy atom. The van der Waals surface area contributed by atoms with Gasteiger partial charge in [0, 0.05) is 26.2 Å². The van der Waals surface area contributed by atoms with Crippen LogP contribution in [-0.4, -0.2) is 83.2 Å². The number of hydrogen-bond donors (Lipinski definition) is 1. The van der Waals surface area contributed by atoms with E-state index >= 15 is 0 Å². The summed E-state index contributed by atoms with van der Waals surface area (Å²) >= 11 is 6.55. The molecule has 200 valence electrons. The predicted octanol–water partition coefficient (Wildman–Crippen LogP) is 2.96. The smallest absolute Gasteiger partial charge is 0.253 e. The minimum atomic E-state index is -1.14. The van der Waals surface area contributed by atoms with E-state index in [0.717, 1.165) is 12.0 Å². The lowest BCUT2D eigenvalue weighted by Gasteiger charge is -2.37. The van der Waals surface area contributed by atoms with Crippen LogP contribution >= 0.6 is 11.6 Å². The summed E-state index contributed by atoms with van der Waals surface area (Å²) in [6, 6.07) is 4.40. The number of likely N-dealkylation sites (tertiary alicyclic amines) is 1. The number of β-amino-alcohol motifs (C(OH)–C–C–N with tert-alkyl or cyclic N) is 1. The highest BCUT2D eigenvalue weighted by atomic mass is 35.5. The van der Waals surface area contributed by atoms with Crippen molar-refractivity contribution in [2.45, 2.75) is 50.9 Å². The van der Waals surface area contributed by atoms with E-state index in [4.69, 9.17) is 16.3 Å². The molecule has 0 radical (unpaired) electrons. The number of ether oxygens (including phenoxy) is 1. The monoisotopic (exact) mass is 529 g/mol. The Morgan fingerprint density at radius 2 is 2.00 bits per heavy atom. The van der Waals surface area contributed by atoms with Crippen LogP contribution in [0.4, 0.5) is 5.69 Å². The normalized spacial score (nSPS) is 27.8. The maximum Gasteiger partial charge on any atom is 0.253 e. The van der Waals surface area contributed by atoms with E-state index in [2.05, 4.69) is 13.2 Å². The average Bonchev–Trinajstić information content (AvgIpc) is 3.50. The quantitative estimate of drug-likeness (QED) is 0.445. The van der Waals surface area contributed by atoms with E-state index in [9.17, 15) is 19.5 Å². The number of aliphatic hydroxyl groups is 1. The van der Waals surface area contributed by atoms with E-state index in [1.54, 1.807) is 23.1 Å². The standard InChI is InChI=1S/C28H36ClN3O5/c1-5-13-30(14-6-2)25(34)21-20-11-12-28(37-20)22(21)26(35)32(16-17-33)24(28)27(36)31(15-7-3)23-18(4)9-8-10-19(23)29/h5,7-10,20-22,24,33H,1,3,6,11-17H2,2,4H3/t20-,21+,22-,24?,28?/m0/s1. The molecule has 3 heterocycles. The van der Waals surface area contributed by atoms with Crippen LogP contribution in [0.5, 0.6) is 0 Å². The van der Waals surface area contributed by atoms with E-state index in [-0.39, 0.29) is 37.4 Å². The molecule has 3 fully saturated rings. The van der Waals surface area contributed by atoms with Crippen molar-refractivity contribution in [3.05, 3.63) is 54.1 Å². The van der Waals surface area contributed by atoms with Crippen LogP contribution in [-0.2, 0) is 19.1 Å². The number of aliphatic hydroxyl groups excluding tert-OH is 1. The number of nitrogens with zero attached hydrogens (tertiary/aromatic N) is 3. The Labute approximate surface area is 223 Å². The molecule has 3 aliphatic heterocycles. The molecule has 9 heteroatoms. The summed E-state index contributed by atoms with van der Waals surface area (Å²) in [6.45, 7) is 12.2. The molecule has 1 spiro atoms. The van der Waals surface area contributed by atoms with Crippen molar-refractivity contribution in [2.75, 3.05) is 37.7 Å². The van der Waals surface area contributed by atoms with Gasteiger partial charge in [-0.3, -0.25) is 14.4 Å². The number of hydrogen-bond acceptors (Lipinski definition) is 5. The summed E-state index contributed by atoms with van der Waals surface area (Å²) in [5, 5.41) is 10.3. The maximum absolute atomic E-state index is 14.4. The molecule has 1 aromatic rings. The first kappa shape index (κ1) is 27.4. The third-order valence-corrected chi connectivity index (χ3v) is 8.16. The molecule has 2 bridgehead atoms. The van der Waals surface area contributed by atoms with Crippen LogP contribution in [0.15, 0.2) is 43.5 Å². The number of aryl methyl sites for hydroxylation is 1.